The van der Waals surface area contributed by atoms with Crippen molar-refractivity contribution in [3.8, 4) is 0 Å². The number of hydrogen-bond acceptors (Lipinski definition) is 1. The van der Waals surface area contributed by atoms with E-state index in [1.807, 2.05) is 0 Å². The fourth-order valence-electron chi connectivity index (χ4n) is 2.12. The summed E-state index contributed by atoms with van der Waals surface area (Å²) >= 11 is 0. The Morgan fingerprint density at radius 2 is 2.09 bits per heavy atom. The first kappa shape index (κ1) is 9.05. The summed E-state index contributed by atoms with van der Waals surface area (Å²) in [6.07, 6.45) is 6.03. The molecule has 0 amide bonds. The van der Waals surface area contributed by atoms with Crippen molar-refractivity contribution < 1.29 is 5.11 Å². The second-order valence-electron chi connectivity index (χ2n) is 4.03. The van der Waals surface area contributed by atoms with Gasteiger partial charge in [-0.3, -0.25) is 0 Å². The molecule has 0 aliphatic heterocycles. The molecule has 0 aromatic rings. The molecule has 1 fully saturated rings. The predicted octanol–water partition coefficient (Wildman–Crippen LogP) is 2.58. The van der Waals surface area contributed by atoms with E-state index in [1.54, 1.807) is 0 Å². The molecule has 0 heterocycles. The fourth-order valence-corrected chi connectivity index (χ4v) is 2.12. The van der Waals surface area contributed by atoms with Gasteiger partial charge in [0.1, 0.15) is 0 Å². The molecule has 0 spiro atoms. The van der Waals surface area contributed by atoms with Crippen molar-refractivity contribution in [1.29, 1.82) is 0 Å². The van der Waals surface area contributed by atoms with Gasteiger partial charge in [-0.05, 0) is 31.1 Å². The van der Waals surface area contributed by atoms with Crippen LogP contribution in [0.15, 0.2) is 0 Å². The van der Waals surface area contributed by atoms with Crippen molar-refractivity contribution in [1.82, 2.24) is 0 Å². The van der Waals surface area contributed by atoms with Gasteiger partial charge in [0, 0.05) is 0 Å². The maximum atomic E-state index is 9.67. The molecule has 1 N–H and O–H groups in total. The molecule has 1 nitrogen and oxygen atoms in total. The minimum atomic E-state index is -0.00120. The highest BCUT2D eigenvalue weighted by Crippen LogP contribution is 2.31. The Morgan fingerprint density at radius 3 is 2.64 bits per heavy atom. The van der Waals surface area contributed by atoms with Crippen LogP contribution in [0.4, 0.5) is 0 Å². The van der Waals surface area contributed by atoms with E-state index in [1.165, 1.54) is 25.7 Å². The molecule has 0 bridgehead atoms. The van der Waals surface area contributed by atoms with E-state index < -0.39 is 0 Å². The van der Waals surface area contributed by atoms with Crippen LogP contribution >= 0.6 is 0 Å². The third-order valence-electron chi connectivity index (χ3n) is 2.88. The summed E-state index contributed by atoms with van der Waals surface area (Å²) in [6, 6.07) is 0. The van der Waals surface area contributed by atoms with E-state index in [4.69, 9.17) is 0 Å². The van der Waals surface area contributed by atoms with E-state index in [-0.39, 0.29) is 6.10 Å². The van der Waals surface area contributed by atoms with Gasteiger partial charge in [0.2, 0.25) is 0 Å². The molecule has 1 rings (SSSR count). The zero-order chi connectivity index (χ0) is 8.27. The zero-order valence-electron chi connectivity index (χ0n) is 7.71. The van der Waals surface area contributed by atoms with Crippen molar-refractivity contribution in [2.24, 2.45) is 11.8 Å². The molecular weight excluding hydrogens is 136 g/mol. The van der Waals surface area contributed by atoms with Crippen molar-refractivity contribution in [2.75, 3.05) is 0 Å². The molecule has 1 aliphatic rings. The molecular formula is C10H20O. The summed E-state index contributed by atoms with van der Waals surface area (Å²) in [5.41, 5.74) is 0. The Labute approximate surface area is 69.8 Å². The standard InChI is InChI=1S/C10H20O/c1-3-4-9-6-5-8(2)7-10(9)11/h8-11H,3-7H2,1-2H3/t8-,9+,10-/m1/s1. The van der Waals surface area contributed by atoms with Crippen LogP contribution in [0, 0.1) is 11.8 Å². The summed E-state index contributed by atoms with van der Waals surface area (Å²) in [4.78, 5) is 0. The van der Waals surface area contributed by atoms with E-state index in [2.05, 4.69) is 13.8 Å². The van der Waals surface area contributed by atoms with Crippen LogP contribution in [-0.2, 0) is 0 Å². The Balaban J connectivity index is 2.31. The average Bonchev–Trinajstić information content (AvgIpc) is 1.95. The lowest BCUT2D eigenvalue weighted by atomic mass is 9.79. The van der Waals surface area contributed by atoms with Crippen molar-refractivity contribution in [3.05, 3.63) is 0 Å². The van der Waals surface area contributed by atoms with Gasteiger partial charge in [0.05, 0.1) is 6.10 Å². The summed E-state index contributed by atoms with van der Waals surface area (Å²) < 4.78 is 0. The van der Waals surface area contributed by atoms with Gasteiger partial charge in [-0.25, -0.2) is 0 Å². The van der Waals surface area contributed by atoms with Crippen LogP contribution in [-0.4, -0.2) is 11.2 Å². The molecule has 0 aromatic carbocycles. The molecule has 1 saturated carbocycles. The topological polar surface area (TPSA) is 20.2 Å². The predicted molar refractivity (Wildman–Crippen MR) is 47.4 cm³/mol. The first-order chi connectivity index (χ1) is 5.24. The van der Waals surface area contributed by atoms with E-state index in [9.17, 15) is 5.11 Å². The van der Waals surface area contributed by atoms with Crippen LogP contribution in [0.2, 0.25) is 0 Å². The lowest BCUT2D eigenvalue weighted by Crippen LogP contribution is -2.28. The Hall–Kier alpha value is -0.0400. The molecule has 0 aromatic heterocycles. The Morgan fingerprint density at radius 1 is 1.36 bits per heavy atom. The maximum Gasteiger partial charge on any atom is 0.0570 e. The summed E-state index contributed by atoms with van der Waals surface area (Å²) in [6.45, 7) is 4.44. The highest BCUT2D eigenvalue weighted by molar-refractivity contribution is 4.77. The summed E-state index contributed by atoms with van der Waals surface area (Å²) in [5.74, 6) is 1.36. The van der Waals surface area contributed by atoms with Crippen molar-refractivity contribution in [3.63, 3.8) is 0 Å². The van der Waals surface area contributed by atoms with Gasteiger partial charge in [0.25, 0.3) is 0 Å². The first-order valence-corrected chi connectivity index (χ1v) is 4.92. The number of aliphatic hydroxyl groups is 1. The minimum Gasteiger partial charge on any atom is -0.393 e. The second kappa shape index (κ2) is 4.10. The monoisotopic (exact) mass is 156 g/mol. The molecule has 0 saturated heterocycles. The summed E-state index contributed by atoms with van der Waals surface area (Å²) in [7, 11) is 0. The molecule has 0 unspecified atom stereocenters. The summed E-state index contributed by atoms with van der Waals surface area (Å²) in [5, 5.41) is 9.67. The van der Waals surface area contributed by atoms with Crippen molar-refractivity contribution >= 4 is 0 Å². The normalized spacial score (nSPS) is 39.0. The SMILES string of the molecule is CCC[C@H]1CC[C@@H](C)C[C@H]1O. The lowest BCUT2D eigenvalue weighted by molar-refractivity contribution is 0.0444. The van der Waals surface area contributed by atoms with E-state index in [0.717, 1.165) is 12.3 Å². The van der Waals surface area contributed by atoms with Crippen LogP contribution in [0.3, 0.4) is 0 Å². The van der Waals surface area contributed by atoms with Gasteiger partial charge < -0.3 is 5.11 Å². The quantitative estimate of drug-likeness (QED) is 0.651. The minimum absolute atomic E-state index is 0.00120. The Bertz CT molecular complexity index is 111. The Kier molecular flexibility index (Phi) is 3.38. The molecule has 3 atom stereocenters. The van der Waals surface area contributed by atoms with E-state index >= 15 is 0 Å². The molecule has 1 heteroatoms. The van der Waals surface area contributed by atoms with Gasteiger partial charge >= 0.3 is 0 Å². The van der Waals surface area contributed by atoms with Crippen LogP contribution in [0.25, 0.3) is 0 Å². The van der Waals surface area contributed by atoms with Gasteiger partial charge in [-0.2, -0.15) is 0 Å². The third kappa shape index (κ3) is 2.48. The van der Waals surface area contributed by atoms with Gasteiger partial charge in [-0.1, -0.05) is 26.7 Å². The maximum absolute atomic E-state index is 9.67. The van der Waals surface area contributed by atoms with E-state index in [0.29, 0.717) is 5.92 Å². The smallest absolute Gasteiger partial charge is 0.0570 e. The molecule has 11 heavy (non-hydrogen) atoms. The van der Waals surface area contributed by atoms with Crippen LogP contribution in [0.1, 0.15) is 46.0 Å². The third-order valence-corrected chi connectivity index (χ3v) is 2.88. The largest absolute Gasteiger partial charge is 0.393 e. The molecule has 66 valence electrons. The zero-order valence-corrected chi connectivity index (χ0v) is 7.71. The van der Waals surface area contributed by atoms with Gasteiger partial charge in [-0.15, -0.1) is 0 Å². The number of rotatable bonds is 2. The number of hydrogen-bond donors (Lipinski definition) is 1. The van der Waals surface area contributed by atoms with Gasteiger partial charge in [0.15, 0.2) is 0 Å². The molecule has 1 aliphatic carbocycles. The fraction of sp³-hybridized carbons (Fsp3) is 1.00. The van der Waals surface area contributed by atoms with Crippen molar-refractivity contribution in [2.45, 2.75) is 52.1 Å². The molecule has 0 radical (unpaired) electrons. The van der Waals surface area contributed by atoms with Crippen LogP contribution in [0.5, 0.6) is 0 Å². The number of aliphatic hydroxyl groups excluding tert-OH is 1. The highest BCUT2D eigenvalue weighted by Gasteiger charge is 2.25. The second-order valence-corrected chi connectivity index (χ2v) is 4.03. The average molecular weight is 156 g/mol. The highest BCUT2D eigenvalue weighted by atomic mass is 16.3. The lowest BCUT2D eigenvalue weighted by Gasteiger charge is -2.31. The first-order valence-electron chi connectivity index (χ1n) is 4.92. The van der Waals surface area contributed by atoms with Crippen LogP contribution < -0.4 is 0 Å².